The number of anilines is 1. The Morgan fingerprint density at radius 3 is 1.94 bits per heavy atom. The molecule has 9 nitrogen and oxygen atoms in total. The van der Waals surface area contributed by atoms with Crippen LogP contribution in [0.1, 0.15) is 52.1 Å². The summed E-state index contributed by atoms with van der Waals surface area (Å²) in [6.07, 6.45) is 16.6. The van der Waals surface area contributed by atoms with Crippen molar-refractivity contribution in [1.29, 1.82) is 0 Å². The highest BCUT2D eigenvalue weighted by Crippen LogP contribution is 2.41. The van der Waals surface area contributed by atoms with Gasteiger partial charge in [0.05, 0.1) is 10.8 Å². The van der Waals surface area contributed by atoms with Gasteiger partial charge in [0.15, 0.2) is 23.1 Å². The van der Waals surface area contributed by atoms with Crippen molar-refractivity contribution in [2.75, 3.05) is 18.5 Å². The minimum atomic E-state index is 0.577. The number of halogens is 1. The van der Waals surface area contributed by atoms with Gasteiger partial charge in [-0.2, -0.15) is 0 Å². The summed E-state index contributed by atoms with van der Waals surface area (Å²) in [5.41, 5.74) is 5.76. The van der Waals surface area contributed by atoms with E-state index in [4.69, 9.17) is 36.0 Å². The largest absolute Gasteiger partial charge is 0.486 e. The van der Waals surface area contributed by atoms with E-state index in [0.29, 0.717) is 36.6 Å². The molecule has 3 aliphatic rings. The second-order valence-electron chi connectivity index (χ2n) is 12.8. The van der Waals surface area contributed by atoms with Gasteiger partial charge in [0.2, 0.25) is 0 Å². The van der Waals surface area contributed by atoms with Crippen LogP contribution in [0.15, 0.2) is 67.3 Å². The molecule has 10 rings (SSSR count). The number of rotatable bonds is 5. The molecule has 0 unspecified atom stereocenters. The molecule has 0 fully saturated rings. The fourth-order valence-electron chi connectivity index (χ4n) is 7.03. The minimum Gasteiger partial charge on any atom is -0.486 e. The smallest absolute Gasteiger partial charge is 0.164 e. The number of thiophene rings is 2. The Hall–Kier alpha value is -4.71. The van der Waals surface area contributed by atoms with Crippen molar-refractivity contribution in [2.45, 2.75) is 57.9 Å². The maximum Gasteiger partial charge on any atom is 0.164 e. The second kappa shape index (κ2) is 14.1. The molecule has 0 spiro atoms. The van der Waals surface area contributed by atoms with Crippen molar-refractivity contribution in [2.24, 2.45) is 0 Å². The molecule has 2 aliphatic carbocycles. The normalized spacial score (nSPS) is 14.8. The van der Waals surface area contributed by atoms with Gasteiger partial charge in [-0.25, -0.2) is 19.9 Å². The summed E-state index contributed by atoms with van der Waals surface area (Å²) in [4.78, 5) is 32.4. The maximum atomic E-state index is 6.43. The van der Waals surface area contributed by atoms with Crippen LogP contribution < -0.4 is 14.8 Å². The molecule has 0 bridgehead atoms. The molecule has 7 aromatic rings. The number of hydrogen-bond donors (Lipinski definition) is 1. The van der Waals surface area contributed by atoms with E-state index >= 15 is 0 Å². The van der Waals surface area contributed by atoms with Gasteiger partial charge >= 0.3 is 0 Å². The predicted octanol–water partition coefficient (Wildman–Crippen LogP) is 9.30. The number of benzene rings is 1. The summed E-state index contributed by atoms with van der Waals surface area (Å²) in [5, 5.41) is 6.43. The van der Waals surface area contributed by atoms with Gasteiger partial charge in [-0.05, 0) is 104 Å². The molecule has 12 heteroatoms. The molecule has 0 amide bonds. The van der Waals surface area contributed by atoms with Crippen LogP contribution in [0.3, 0.4) is 0 Å². The lowest BCUT2D eigenvalue weighted by Crippen LogP contribution is -2.15. The van der Waals surface area contributed by atoms with Crippen LogP contribution >= 0.6 is 34.3 Å². The van der Waals surface area contributed by atoms with Crippen LogP contribution in [0.2, 0.25) is 5.15 Å². The van der Waals surface area contributed by atoms with Crippen molar-refractivity contribution >= 4 is 60.5 Å². The lowest BCUT2D eigenvalue weighted by atomic mass is 9.97. The number of pyridine rings is 2. The maximum absolute atomic E-state index is 6.43. The summed E-state index contributed by atoms with van der Waals surface area (Å²) in [6.45, 7) is 1.84. The first-order chi connectivity index (χ1) is 25.2. The van der Waals surface area contributed by atoms with E-state index in [0.717, 1.165) is 74.7 Å². The highest BCUT2D eigenvalue weighted by atomic mass is 35.5. The monoisotopic (exact) mass is 731 g/mol. The molecule has 0 radical (unpaired) electrons. The molecule has 1 aliphatic heterocycles. The fourth-order valence-corrected chi connectivity index (χ4v) is 9.89. The molecule has 0 atom stereocenters. The Balaban J connectivity index is 0.000000150. The molecule has 256 valence electrons. The number of nitrogens with zero attached hydrogens (tertiary/aromatic N) is 6. The number of aryl methyl sites for hydroxylation is 4. The third-order valence-electron chi connectivity index (χ3n) is 9.49. The van der Waals surface area contributed by atoms with Crippen molar-refractivity contribution < 1.29 is 9.47 Å². The van der Waals surface area contributed by atoms with Crippen molar-refractivity contribution in [3.05, 3.63) is 98.8 Å². The van der Waals surface area contributed by atoms with E-state index in [1.165, 1.54) is 52.0 Å². The number of hydrogen-bond acceptors (Lipinski definition) is 11. The molecule has 51 heavy (non-hydrogen) atoms. The van der Waals surface area contributed by atoms with E-state index < -0.39 is 0 Å². The zero-order valence-corrected chi connectivity index (χ0v) is 30.2. The molecule has 0 saturated carbocycles. The summed E-state index contributed by atoms with van der Waals surface area (Å²) < 4.78 is 11.4. The van der Waals surface area contributed by atoms with E-state index in [-0.39, 0.29) is 0 Å². The average Bonchev–Trinajstić information content (AvgIpc) is 3.76. The van der Waals surface area contributed by atoms with E-state index in [1.807, 2.05) is 53.9 Å². The molecule has 0 saturated heterocycles. The summed E-state index contributed by atoms with van der Waals surface area (Å²) in [5.74, 6) is 3.89. The molecule has 1 N–H and O–H groups in total. The number of nitrogens with one attached hydrogen (secondary N) is 1. The van der Waals surface area contributed by atoms with Gasteiger partial charge in [-0.3, -0.25) is 9.97 Å². The van der Waals surface area contributed by atoms with Gasteiger partial charge in [-0.1, -0.05) is 17.7 Å². The van der Waals surface area contributed by atoms with Gasteiger partial charge in [-0.15, -0.1) is 22.7 Å². The van der Waals surface area contributed by atoms with Crippen LogP contribution in [0.5, 0.6) is 11.5 Å². The van der Waals surface area contributed by atoms with Crippen LogP contribution in [0.4, 0.5) is 5.82 Å². The van der Waals surface area contributed by atoms with Gasteiger partial charge in [0.1, 0.15) is 33.8 Å². The standard InChI is InChI=1S/C24H22N4O2S.C15H12ClN3S/c1-2-6-20-17(5-1)21-23(26-13-15-7-8-18-19(12-15)30-11-10-29-18)27-22(28-24(21)31-20)16-4-3-9-25-14-16;16-13-12-10-5-1-2-6-11(10)20-15(12)19-14(18-13)9-4-3-7-17-8-9/h3-4,7-9,12,14H,1-2,5-6,10-11,13H2,(H,26,27,28);3-4,7-8H,1-2,5-6H2. The Bertz CT molecular complexity index is 2370. The number of aromatic nitrogens is 6. The quantitative estimate of drug-likeness (QED) is 0.173. The SMILES string of the molecule is Clc1nc(-c2cccnc2)nc2sc3c(c12)CCCC3.c1cncc(-c2nc(NCc3ccc4c(c3)OCCO4)c3c4c(sc3n2)CCCC4)c1. The van der Waals surface area contributed by atoms with E-state index in [1.54, 1.807) is 29.9 Å². The van der Waals surface area contributed by atoms with Crippen LogP contribution in [-0.2, 0) is 32.2 Å². The van der Waals surface area contributed by atoms with Crippen molar-refractivity contribution in [3.8, 4) is 34.3 Å². The first-order valence-corrected chi connectivity index (χ1v) is 19.4. The zero-order valence-electron chi connectivity index (χ0n) is 27.8. The van der Waals surface area contributed by atoms with E-state index in [9.17, 15) is 0 Å². The lowest BCUT2D eigenvalue weighted by molar-refractivity contribution is 0.171. The van der Waals surface area contributed by atoms with E-state index in [2.05, 4.69) is 26.3 Å². The zero-order chi connectivity index (χ0) is 34.1. The Morgan fingerprint density at radius 2 is 1.27 bits per heavy atom. The molecular formula is C39H34ClN7O2S2. The third-order valence-corrected chi connectivity index (χ3v) is 12.1. The first kappa shape index (κ1) is 32.2. The van der Waals surface area contributed by atoms with Gasteiger partial charge < -0.3 is 14.8 Å². The van der Waals surface area contributed by atoms with Crippen molar-refractivity contribution in [1.82, 2.24) is 29.9 Å². The van der Waals surface area contributed by atoms with Gasteiger partial charge in [0.25, 0.3) is 0 Å². The Kier molecular flexibility index (Phi) is 8.93. The highest BCUT2D eigenvalue weighted by Gasteiger charge is 2.23. The second-order valence-corrected chi connectivity index (χ2v) is 15.4. The topological polar surface area (TPSA) is 108 Å². The first-order valence-electron chi connectivity index (χ1n) is 17.4. The Morgan fingerprint density at radius 1 is 0.667 bits per heavy atom. The predicted molar refractivity (Wildman–Crippen MR) is 204 cm³/mol. The molecule has 1 aromatic carbocycles. The molecule has 7 heterocycles. The van der Waals surface area contributed by atoms with Gasteiger partial charge in [0, 0.05) is 52.2 Å². The summed E-state index contributed by atoms with van der Waals surface area (Å²) >= 11 is 10.0. The molecular weight excluding hydrogens is 698 g/mol. The van der Waals surface area contributed by atoms with Crippen LogP contribution in [0.25, 0.3) is 43.2 Å². The lowest BCUT2D eigenvalue weighted by Gasteiger charge is -2.19. The average molecular weight is 732 g/mol. The highest BCUT2D eigenvalue weighted by molar-refractivity contribution is 7.19. The third kappa shape index (κ3) is 6.50. The molecule has 6 aromatic heterocycles. The fraction of sp³-hybridized carbons (Fsp3) is 0.282. The Labute approximate surface area is 308 Å². The summed E-state index contributed by atoms with van der Waals surface area (Å²) in [7, 11) is 0. The van der Waals surface area contributed by atoms with Crippen LogP contribution in [0, 0.1) is 0 Å². The number of fused-ring (bicyclic) bond motifs is 7. The summed E-state index contributed by atoms with van der Waals surface area (Å²) in [6, 6.07) is 13.9. The van der Waals surface area contributed by atoms with Crippen molar-refractivity contribution in [3.63, 3.8) is 0 Å². The number of ether oxygens (including phenoxy) is 2. The van der Waals surface area contributed by atoms with Crippen LogP contribution in [-0.4, -0.2) is 43.1 Å². The minimum absolute atomic E-state index is 0.577.